The molecule has 8 nitrogen and oxygen atoms in total. The number of unbranched alkanes of at least 4 members (excludes halogenated alkanes) is 1. The molecule has 0 bridgehead atoms. The van der Waals surface area contributed by atoms with Gasteiger partial charge in [-0.15, -0.1) is 0 Å². The molecule has 2 saturated heterocycles. The Morgan fingerprint density at radius 1 is 1.20 bits per heavy atom. The molecule has 0 aliphatic carbocycles. The van der Waals surface area contributed by atoms with E-state index in [1.807, 2.05) is 30.5 Å². The zero-order valence-electron chi connectivity index (χ0n) is 20.0. The van der Waals surface area contributed by atoms with E-state index in [1.165, 1.54) is 0 Å². The highest BCUT2D eigenvalue weighted by Crippen LogP contribution is 2.39. The standard InChI is InChI=1S/C26H31ClN6O2/c1-2-3-7-29-26(34)18-14-20(22-5-4-9-33(22)19-6-8-28-23(27)16-19)25-21(15-18)30-17-24(31-25)32-10-12-35-13-11-32/h6,8,14-17,22H,2-5,7,9-13H2,1H3,(H,29,34). The lowest BCUT2D eigenvalue weighted by atomic mass is 9.98. The van der Waals surface area contributed by atoms with Crippen molar-refractivity contribution in [3.63, 3.8) is 0 Å². The quantitative estimate of drug-likeness (QED) is 0.385. The van der Waals surface area contributed by atoms with Gasteiger partial charge >= 0.3 is 0 Å². The molecule has 2 aromatic heterocycles. The number of rotatable bonds is 7. The number of amides is 1. The topological polar surface area (TPSA) is 83.5 Å². The van der Waals surface area contributed by atoms with E-state index in [4.69, 9.17) is 26.3 Å². The highest BCUT2D eigenvalue weighted by molar-refractivity contribution is 6.29. The molecule has 1 unspecified atom stereocenters. The number of fused-ring (bicyclic) bond motifs is 1. The number of benzene rings is 1. The Morgan fingerprint density at radius 3 is 2.86 bits per heavy atom. The summed E-state index contributed by atoms with van der Waals surface area (Å²) in [5.41, 5.74) is 4.25. The van der Waals surface area contributed by atoms with Crippen LogP contribution in [0.2, 0.25) is 5.15 Å². The molecule has 1 N–H and O–H groups in total. The van der Waals surface area contributed by atoms with E-state index >= 15 is 0 Å². The summed E-state index contributed by atoms with van der Waals surface area (Å²) in [5.74, 6) is 0.774. The summed E-state index contributed by atoms with van der Waals surface area (Å²) in [7, 11) is 0. The van der Waals surface area contributed by atoms with Gasteiger partial charge in [0.15, 0.2) is 0 Å². The fourth-order valence-electron chi connectivity index (χ4n) is 4.91. The third-order valence-electron chi connectivity index (χ3n) is 6.73. The summed E-state index contributed by atoms with van der Waals surface area (Å²) in [4.78, 5) is 31.6. The second kappa shape index (κ2) is 10.7. The lowest BCUT2D eigenvalue weighted by Crippen LogP contribution is -2.36. The van der Waals surface area contributed by atoms with Gasteiger partial charge in [0.05, 0.1) is 36.5 Å². The highest BCUT2D eigenvalue weighted by Gasteiger charge is 2.30. The first kappa shape index (κ1) is 23.8. The number of nitrogens with one attached hydrogen (secondary N) is 1. The number of aromatic nitrogens is 3. The first-order valence-corrected chi connectivity index (χ1v) is 12.8. The molecular formula is C26H31ClN6O2. The van der Waals surface area contributed by atoms with E-state index in [-0.39, 0.29) is 11.9 Å². The van der Waals surface area contributed by atoms with Crippen molar-refractivity contribution in [3.05, 3.63) is 52.9 Å². The molecule has 0 saturated carbocycles. The van der Waals surface area contributed by atoms with Gasteiger partial charge in [-0.2, -0.15) is 0 Å². The average molecular weight is 495 g/mol. The van der Waals surface area contributed by atoms with E-state index in [2.05, 4.69) is 27.0 Å². The van der Waals surface area contributed by atoms with Crippen LogP contribution in [0.5, 0.6) is 0 Å². The molecule has 2 fully saturated rings. The largest absolute Gasteiger partial charge is 0.378 e. The van der Waals surface area contributed by atoms with Crippen molar-refractivity contribution < 1.29 is 9.53 Å². The maximum atomic E-state index is 13.0. The SMILES string of the molecule is CCCCNC(=O)c1cc(C2CCCN2c2ccnc(Cl)c2)c2nc(N3CCOCC3)cnc2c1. The summed E-state index contributed by atoms with van der Waals surface area (Å²) in [6.07, 6.45) is 7.53. The number of nitrogens with zero attached hydrogens (tertiary/aromatic N) is 5. The Morgan fingerprint density at radius 2 is 2.06 bits per heavy atom. The highest BCUT2D eigenvalue weighted by atomic mass is 35.5. The number of hydrogen-bond donors (Lipinski definition) is 1. The first-order chi connectivity index (χ1) is 17.1. The van der Waals surface area contributed by atoms with Gasteiger partial charge in [-0.3, -0.25) is 9.78 Å². The van der Waals surface area contributed by atoms with Gasteiger partial charge in [-0.05, 0) is 43.5 Å². The number of carbonyl (C=O) groups is 1. The van der Waals surface area contributed by atoms with Crippen molar-refractivity contribution >= 4 is 40.0 Å². The molecular weight excluding hydrogens is 464 g/mol. The van der Waals surface area contributed by atoms with Gasteiger partial charge in [-0.1, -0.05) is 24.9 Å². The van der Waals surface area contributed by atoms with Crippen LogP contribution in [0.15, 0.2) is 36.7 Å². The van der Waals surface area contributed by atoms with Crippen molar-refractivity contribution in [2.75, 3.05) is 49.2 Å². The molecule has 1 amide bonds. The van der Waals surface area contributed by atoms with E-state index < -0.39 is 0 Å². The van der Waals surface area contributed by atoms with Crippen molar-refractivity contribution in [2.24, 2.45) is 0 Å². The van der Waals surface area contributed by atoms with E-state index in [1.54, 1.807) is 6.20 Å². The number of anilines is 2. The smallest absolute Gasteiger partial charge is 0.251 e. The maximum Gasteiger partial charge on any atom is 0.251 e. The third kappa shape index (κ3) is 5.18. The van der Waals surface area contributed by atoms with Gasteiger partial charge in [0.25, 0.3) is 5.91 Å². The summed E-state index contributed by atoms with van der Waals surface area (Å²) in [6.45, 7) is 6.62. The molecule has 1 aromatic carbocycles. The van der Waals surface area contributed by atoms with Crippen LogP contribution in [0.1, 0.15) is 54.6 Å². The summed E-state index contributed by atoms with van der Waals surface area (Å²) in [5, 5.41) is 3.52. The van der Waals surface area contributed by atoms with E-state index in [0.29, 0.717) is 30.5 Å². The normalized spacial score (nSPS) is 18.3. The van der Waals surface area contributed by atoms with Crippen LogP contribution in [0.3, 0.4) is 0 Å². The van der Waals surface area contributed by atoms with Crippen LogP contribution >= 0.6 is 11.6 Å². The van der Waals surface area contributed by atoms with Gasteiger partial charge < -0.3 is 19.9 Å². The lowest BCUT2D eigenvalue weighted by Gasteiger charge is -2.29. The lowest BCUT2D eigenvalue weighted by molar-refractivity contribution is 0.0953. The molecule has 4 heterocycles. The minimum Gasteiger partial charge on any atom is -0.378 e. The Labute approximate surface area is 210 Å². The number of hydrogen-bond acceptors (Lipinski definition) is 7. The number of halogens is 1. The van der Waals surface area contributed by atoms with Crippen LogP contribution in [0.4, 0.5) is 11.5 Å². The van der Waals surface area contributed by atoms with Crippen LogP contribution in [-0.2, 0) is 4.74 Å². The van der Waals surface area contributed by atoms with Crippen LogP contribution in [0, 0.1) is 0 Å². The van der Waals surface area contributed by atoms with E-state index in [9.17, 15) is 4.79 Å². The monoisotopic (exact) mass is 494 g/mol. The van der Waals surface area contributed by atoms with Gasteiger partial charge in [0, 0.05) is 49.2 Å². The second-order valence-electron chi connectivity index (χ2n) is 9.06. The molecule has 2 aliphatic rings. The second-order valence-corrected chi connectivity index (χ2v) is 9.45. The zero-order valence-corrected chi connectivity index (χ0v) is 20.8. The van der Waals surface area contributed by atoms with Gasteiger partial charge in [0.2, 0.25) is 0 Å². The van der Waals surface area contributed by atoms with Crippen molar-refractivity contribution in [1.82, 2.24) is 20.3 Å². The van der Waals surface area contributed by atoms with Crippen LogP contribution in [0.25, 0.3) is 11.0 Å². The Hall–Kier alpha value is -2.97. The molecule has 5 rings (SSSR count). The molecule has 9 heteroatoms. The number of ether oxygens (including phenoxy) is 1. The molecule has 2 aliphatic heterocycles. The molecule has 184 valence electrons. The molecule has 0 spiro atoms. The summed E-state index contributed by atoms with van der Waals surface area (Å²) >= 11 is 6.22. The predicted octanol–water partition coefficient (Wildman–Crippen LogP) is 4.39. The Bertz CT molecular complexity index is 1200. The molecule has 3 aromatic rings. The fraction of sp³-hybridized carbons (Fsp3) is 0.462. The van der Waals surface area contributed by atoms with Crippen LogP contribution < -0.4 is 15.1 Å². The summed E-state index contributed by atoms with van der Waals surface area (Å²) < 4.78 is 5.51. The fourth-order valence-corrected chi connectivity index (χ4v) is 5.08. The minimum absolute atomic E-state index is 0.0635. The van der Waals surface area contributed by atoms with Crippen LogP contribution in [-0.4, -0.2) is 60.3 Å². The van der Waals surface area contributed by atoms with Crippen molar-refractivity contribution in [1.29, 1.82) is 0 Å². The predicted molar refractivity (Wildman–Crippen MR) is 138 cm³/mol. The minimum atomic E-state index is -0.0721. The number of carbonyl (C=O) groups excluding carboxylic acids is 1. The van der Waals surface area contributed by atoms with Gasteiger partial charge in [-0.25, -0.2) is 9.97 Å². The number of pyridine rings is 1. The van der Waals surface area contributed by atoms with Gasteiger partial charge in [0.1, 0.15) is 11.0 Å². The van der Waals surface area contributed by atoms with Crippen molar-refractivity contribution in [3.8, 4) is 0 Å². The third-order valence-corrected chi connectivity index (χ3v) is 6.94. The van der Waals surface area contributed by atoms with Crippen molar-refractivity contribution in [2.45, 2.75) is 38.6 Å². The first-order valence-electron chi connectivity index (χ1n) is 12.4. The summed E-state index contributed by atoms with van der Waals surface area (Å²) in [6, 6.07) is 7.81. The number of morpholine rings is 1. The molecule has 0 radical (unpaired) electrons. The average Bonchev–Trinajstić information content (AvgIpc) is 3.38. The maximum absolute atomic E-state index is 13.0. The Kier molecular flexibility index (Phi) is 7.29. The Balaban J connectivity index is 1.58. The van der Waals surface area contributed by atoms with E-state index in [0.717, 1.165) is 73.4 Å². The molecule has 35 heavy (non-hydrogen) atoms. The molecule has 1 atom stereocenters. The zero-order chi connectivity index (χ0) is 24.2.